The van der Waals surface area contributed by atoms with Crippen LogP contribution in [0.2, 0.25) is 0 Å². The van der Waals surface area contributed by atoms with E-state index in [1.807, 2.05) is 18.2 Å². The minimum Gasteiger partial charge on any atom is -0.478 e. The SMILES string of the molecule is CC1Oc2c(C3=NNC(=O)CC3)cccc2N(C)C1=O. The Morgan fingerprint density at radius 2 is 2.15 bits per heavy atom. The van der Waals surface area contributed by atoms with Crippen LogP contribution in [-0.2, 0) is 9.59 Å². The maximum atomic E-state index is 11.9. The van der Waals surface area contributed by atoms with Crippen LogP contribution >= 0.6 is 0 Å². The van der Waals surface area contributed by atoms with Gasteiger partial charge in [-0.15, -0.1) is 0 Å². The molecule has 20 heavy (non-hydrogen) atoms. The monoisotopic (exact) mass is 273 g/mol. The van der Waals surface area contributed by atoms with Crippen LogP contribution in [0.4, 0.5) is 5.69 Å². The van der Waals surface area contributed by atoms with Crippen LogP contribution in [0.1, 0.15) is 25.3 Å². The van der Waals surface area contributed by atoms with E-state index in [9.17, 15) is 9.59 Å². The summed E-state index contributed by atoms with van der Waals surface area (Å²) in [5.41, 5.74) is 4.81. The molecule has 1 aromatic rings. The normalized spacial score (nSPS) is 21.8. The first-order valence-electron chi connectivity index (χ1n) is 6.51. The van der Waals surface area contributed by atoms with Crippen molar-refractivity contribution in [2.45, 2.75) is 25.9 Å². The Bertz CT molecular complexity index is 624. The largest absolute Gasteiger partial charge is 0.478 e. The minimum atomic E-state index is -0.521. The number of nitrogens with zero attached hydrogens (tertiary/aromatic N) is 2. The molecule has 1 N–H and O–H groups in total. The number of amides is 2. The second kappa shape index (κ2) is 4.63. The molecular weight excluding hydrogens is 258 g/mol. The summed E-state index contributed by atoms with van der Waals surface area (Å²) >= 11 is 0. The molecule has 104 valence electrons. The number of hydrogen-bond donors (Lipinski definition) is 1. The van der Waals surface area contributed by atoms with E-state index in [0.29, 0.717) is 18.6 Å². The van der Waals surface area contributed by atoms with Crippen LogP contribution in [0.15, 0.2) is 23.3 Å². The predicted octanol–water partition coefficient (Wildman–Crippen LogP) is 1.04. The van der Waals surface area contributed by atoms with E-state index in [4.69, 9.17) is 4.74 Å². The highest BCUT2D eigenvalue weighted by atomic mass is 16.5. The van der Waals surface area contributed by atoms with Gasteiger partial charge >= 0.3 is 0 Å². The quantitative estimate of drug-likeness (QED) is 0.831. The van der Waals surface area contributed by atoms with Crippen molar-refractivity contribution in [3.8, 4) is 5.75 Å². The molecule has 0 aromatic heterocycles. The number of likely N-dealkylation sites (N-methyl/N-ethyl adjacent to an activating group) is 1. The van der Waals surface area contributed by atoms with E-state index >= 15 is 0 Å². The summed E-state index contributed by atoms with van der Waals surface area (Å²) in [4.78, 5) is 24.7. The van der Waals surface area contributed by atoms with Crippen LogP contribution in [0.5, 0.6) is 5.75 Å². The summed E-state index contributed by atoms with van der Waals surface area (Å²) in [5.74, 6) is 0.491. The van der Waals surface area contributed by atoms with Crippen molar-refractivity contribution in [2.75, 3.05) is 11.9 Å². The maximum Gasteiger partial charge on any atom is 0.267 e. The fourth-order valence-corrected chi connectivity index (χ4v) is 2.43. The molecular formula is C14H15N3O3. The first kappa shape index (κ1) is 12.7. The fraction of sp³-hybridized carbons (Fsp3) is 0.357. The zero-order chi connectivity index (χ0) is 14.3. The molecule has 2 amide bonds. The minimum absolute atomic E-state index is 0.0754. The Labute approximate surface area is 116 Å². The van der Waals surface area contributed by atoms with Gasteiger partial charge in [0.15, 0.2) is 11.9 Å². The molecule has 1 unspecified atom stereocenters. The third-order valence-electron chi connectivity index (χ3n) is 3.54. The second-order valence-electron chi connectivity index (χ2n) is 4.90. The lowest BCUT2D eigenvalue weighted by molar-refractivity contribution is -0.125. The molecule has 6 heteroatoms. The van der Waals surface area contributed by atoms with Gasteiger partial charge in [0, 0.05) is 25.5 Å². The van der Waals surface area contributed by atoms with Gasteiger partial charge in [-0.25, -0.2) is 5.43 Å². The van der Waals surface area contributed by atoms with E-state index in [1.165, 1.54) is 0 Å². The number of hydrazone groups is 1. The number of para-hydroxylation sites is 1. The Balaban J connectivity index is 2.07. The van der Waals surface area contributed by atoms with Crippen LogP contribution in [-0.4, -0.2) is 30.7 Å². The molecule has 0 saturated heterocycles. The average Bonchev–Trinajstić information content (AvgIpc) is 2.45. The molecule has 2 aliphatic rings. The lowest BCUT2D eigenvalue weighted by Crippen LogP contribution is -2.42. The number of anilines is 1. The second-order valence-corrected chi connectivity index (χ2v) is 4.90. The summed E-state index contributed by atoms with van der Waals surface area (Å²) in [6.45, 7) is 1.73. The topological polar surface area (TPSA) is 71.0 Å². The van der Waals surface area contributed by atoms with Crippen LogP contribution in [0, 0.1) is 0 Å². The number of rotatable bonds is 1. The summed E-state index contributed by atoms with van der Waals surface area (Å²) in [6.07, 6.45) is 0.456. The number of fused-ring (bicyclic) bond motifs is 1. The van der Waals surface area contributed by atoms with Gasteiger partial charge < -0.3 is 9.64 Å². The molecule has 0 aliphatic carbocycles. The number of benzene rings is 1. The number of nitrogens with one attached hydrogen (secondary N) is 1. The van der Waals surface area contributed by atoms with Crippen molar-refractivity contribution in [1.82, 2.24) is 5.43 Å². The van der Waals surface area contributed by atoms with Crippen molar-refractivity contribution in [3.05, 3.63) is 23.8 Å². The van der Waals surface area contributed by atoms with E-state index in [0.717, 1.165) is 17.0 Å². The molecule has 0 fully saturated rings. The zero-order valence-electron chi connectivity index (χ0n) is 11.3. The van der Waals surface area contributed by atoms with Crippen LogP contribution < -0.4 is 15.1 Å². The van der Waals surface area contributed by atoms with Crippen molar-refractivity contribution >= 4 is 23.2 Å². The number of carbonyl (C=O) groups is 2. The van der Waals surface area contributed by atoms with E-state index in [2.05, 4.69) is 10.5 Å². The fourth-order valence-electron chi connectivity index (χ4n) is 2.43. The summed E-state index contributed by atoms with van der Waals surface area (Å²) in [6, 6.07) is 5.59. The van der Waals surface area contributed by atoms with Gasteiger partial charge in [-0.1, -0.05) is 6.07 Å². The standard InChI is InChI=1S/C14H15N3O3/c1-8-14(19)17(2)11-5-3-4-9(13(11)20-8)10-6-7-12(18)16-15-10/h3-5,8H,6-7H2,1-2H3,(H,16,18). The van der Waals surface area contributed by atoms with Gasteiger partial charge in [-0.2, -0.15) is 5.10 Å². The van der Waals surface area contributed by atoms with Crippen LogP contribution in [0.3, 0.4) is 0 Å². The first-order chi connectivity index (χ1) is 9.58. The highest BCUT2D eigenvalue weighted by Gasteiger charge is 2.31. The van der Waals surface area contributed by atoms with E-state index < -0.39 is 6.10 Å². The predicted molar refractivity (Wildman–Crippen MR) is 73.9 cm³/mol. The molecule has 0 spiro atoms. The van der Waals surface area contributed by atoms with Gasteiger partial charge in [0.1, 0.15) is 0 Å². The van der Waals surface area contributed by atoms with Gasteiger partial charge in [0.25, 0.3) is 5.91 Å². The van der Waals surface area contributed by atoms with Crippen LogP contribution in [0.25, 0.3) is 0 Å². The molecule has 0 bridgehead atoms. The summed E-state index contributed by atoms with van der Waals surface area (Å²) < 4.78 is 5.74. The number of hydrogen-bond acceptors (Lipinski definition) is 4. The van der Waals surface area contributed by atoms with Gasteiger partial charge in [-0.3, -0.25) is 9.59 Å². The lowest BCUT2D eigenvalue weighted by atomic mass is 10.0. The molecule has 0 radical (unpaired) electrons. The third kappa shape index (κ3) is 1.93. The van der Waals surface area contributed by atoms with Crippen molar-refractivity contribution in [2.24, 2.45) is 5.10 Å². The van der Waals surface area contributed by atoms with Gasteiger partial charge in [-0.05, 0) is 19.1 Å². The number of ether oxygens (including phenoxy) is 1. The Hall–Kier alpha value is -2.37. The van der Waals surface area contributed by atoms with E-state index in [1.54, 1.807) is 18.9 Å². The zero-order valence-corrected chi connectivity index (χ0v) is 11.3. The van der Waals surface area contributed by atoms with Crippen molar-refractivity contribution in [1.29, 1.82) is 0 Å². The van der Waals surface area contributed by atoms with Crippen molar-refractivity contribution < 1.29 is 14.3 Å². The van der Waals surface area contributed by atoms with Gasteiger partial charge in [0.2, 0.25) is 5.91 Å². The average molecular weight is 273 g/mol. The van der Waals surface area contributed by atoms with Crippen molar-refractivity contribution in [3.63, 3.8) is 0 Å². The maximum absolute atomic E-state index is 11.9. The summed E-state index contributed by atoms with van der Waals surface area (Å²) in [7, 11) is 1.73. The molecule has 2 aliphatic heterocycles. The molecule has 6 nitrogen and oxygen atoms in total. The summed E-state index contributed by atoms with van der Waals surface area (Å²) in [5, 5.41) is 4.09. The Morgan fingerprint density at radius 1 is 1.35 bits per heavy atom. The first-order valence-corrected chi connectivity index (χ1v) is 6.51. The molecule has 2 heterocycles. The molecule has 3 rings (SSSR count). The highest BCUT2D eigenvalue weighted by Crippen LogP contribution is 2.37. The molecule has 1 aromatic carbocycles. The molecule has 0 saturated carbocycles. The van der Waals surface area contributed by atoms with Gasteiger partial charge in [0.05, 0.1) is 11.4 Å². The molecule has 1 atom stereocenters. The number of carbonyl (C=O) groups excluding carboxylic acids is 2. The lowest BCUT2D eigenvalue weighted by Gasteiger charge is -2.32. The Morgan fingerprint density at radius 3 is 2.85 bits per heavy atom. The Kier molecular flexibility index (Phi) is 2.93. The van der Waals surface area contributed by atoms with E-state index in [-0.39, 0.29) is 11.8 Å². The highest BCUT2D eigenvalue weighted by molar-refractivity contribution is 6.09. The smallest absolute Gasteiger partial charge is 0.267 e. The third-order valence-corrected chi connectivity index (χ3v) is 3.54.